The third-order valence-electron chi connectivity index (χ3n) is 4.36. The third kappa shape index (κ3) is 4.05. The number of hydrogen-bond acceptors (Lipinski definition) is 3. The maximum atomic E-state index is 4.41. The maximum absolute atomic E-state index is 4.41. The lowest BCUT2D eigenvalue weighted by Crippen LogP contribution is -2.32. The van der Waals surface area contributed by atoms with E-state index >= 15 is 0 Å². The van der Waals surface area contributed by atoms with Gasteiger partial charge < -0.3 is 10.2 Å². The smallest absolute Gasteiger partial charge is 0.0641 e. The SMILES string of the molecule is Cc1nn(C)cc1C(C)NCCC1CCN(C)CC1. The molecular weight excluding hydrogens is 236 g/mol. The second-order valence-corrected chi connectivity index (χ2v) is 6.05. The number of piperidine rings is 1. The Kier molecular flexibility index (Phi) is 4.99. The van der Waals surface area contributed by atoms with Crippen molar-refractivity contribution in [1.29, 1.82) is 0 Å². The lowest BCUT2D eigenvalue weighted by atomic mass is 9.94. The van der Waals surface area contributed by atoms with Gasteiger partial charge in [0.1, 0.15) is 0 Å². The summed E-state index contributed by atoms with van der Waals surface area (Å²) in [6, 6.07) is 0.403. The molecule has 1 fully saturated rings. The molecule has 0 bridgehead atoms. The number of nitrogens with one attached hydrogen (secondary N) is 1. The molecular formula is C15H28N4. The molecule has 1 N–H and O–H groups in total. The van der Waals surface area contributed by atoms with Crippen LogP contribution in [0.25, 0.3) is 0 Å². The first kappa shape index (κ1) is 14.5. The van der Waals surface area contributed by atoms with E-state index in [-0.39, 0.29) is 0 Å². The predicted octanol–water partition coefficient (Wildman–Crippen LogP) is 2.11. The van der Waals surface area contributed by atoms with Crippen LogP contribution in [-0.4, -0.2) is 41.4 Å². The van der Waals surface area contributed by atoms with Gasteiger partial charge in [0.25, 0.3) is 0 Å². The number of aromatic nitrogens is 2. The zero-order valence-electron chi connectivity index (χ0n) is 12.8. The molecule has 1 atom stereocenters. The average molecular weight is 264 g/mol. The quantitative estimate of drug-likeness (QED) is 0.884. The Morgan fingerprint density at radius 1 is 1.37 bits per heavy atom. The van der Waals surface area contributed by atoms with Crippen molar-refractivity contribution in [3.63, 3.8) is 0 Å². The van der Waals surface area contributed by atoms with Gasteiger partial charge in [-0.05, 0) is 65.7 Å². The molecule has 1 aliphatic heterocycles. The lowest BCUT2D eigenvalue weighted by molar-refractivity contribution is 0.211. The summed E-state index contributed by atoms with van der Waals surface area (Å²) in [6.07, 6.45) is 6.15. The molecule has 1 aliphatic rings. The van der Waals surface area contributed by atoms with Gasteiger partial charge in [-0.15, -0.1) is 0 Å². The molecule has 1 unspecified atom stereocenters. The molecule has 1 aromatic heterocycles. The van der Waals surface area contributed by atoms with Crippen LogP contribution in [0.1, 0.15) is 43.5 Å². The fourth-order valence-corrected chi connectivity index (χ4v) is 3.01. The van der Waals surface area contributed by atoms with E-state index in [4.69, 9.17) is 0 Å². The molecule has 2 heterocycles. The number of aryl methyl sites for hydroxylation is 2. The van der Waals surface area contributed by atoms with Crippen LogP contribution in [0.15, 0.2) is 6.20 Å². The predicted molar refractivity (Wildman–Crippen MR) is 79.2 cm³/mol. The number of likely N-dealkylation sites (tertiary alicyclic amines) is 1. The van der Waals surface area contributed by atoms with Crippen molar-refractivity contribution < 1.29 is 0 Å². The van der Waals surface area contributed by atoms with Crippen LogP contribution < -0.4 is 5.32 Å². The van der Waals surface area contributed by atoms with Crippen molar-refractivity contribution >= 4 is 0 Å². The number of nitrogens with zero attached hydrogens (tertiary/aromatic N) is 3. The highest BCUT2D eigenvalue weighted by Gasteiger charge is 2.17. The summed E-state index contributed by atoms with van der Waals surface area (Å²) in [4.78, 5) is 2.44. The highest BCUT2D eigenvalue weighted by molar-refractivity contribution is 5.19. The van der Waals surface area contributed by atoms with E-state index < -0.39 is 0 Å². The highest BCUT2D eigenvalue weighted by atomic mass is 15.3. The van der Waals surface area contributed by atoms with Gasteiger partial charge in [-0.3, -0.25) is 4.68 Å². The molecule has 0 aromatic carbocycles. The second-order valence-electron chi connectivity index (χ2n) is 6.05. The fourth-order valence-electron chi connectivity index (χ4n) is 3.01. The van der Waals surface area contributed by atoms with Gasteiger partial charge in [0.05, 0.1) is 5.69 Å². The van der Waals surface area contributed by atoms with Gasteiger partial charge in [0, 0.05) is 24.8 Å². The van der Waals surface area contributed by atoms with E-state index in [1.54, 1.807) is 0 Å². The van der Waals surface area contributed by atoms with Crippen molar-refractivity contribution in [3.05, 3.63) is 17.5 Å². The second kappa shape index (κ2) is 6.53. The van der Waals surface area contributed by atoms with Crippen molar-refractivity contribution in [3.8, 4) is 0 Å². The van der Waals surface area contributed by atoms with Crippen molar-refractivity contribution in [1.82, 2.24) is 20.0 Å². The first-order valence-electron chi connectivity index (χ1n) is 7.48. The summed E-state index contributed by atoms with van der Waals surface area (Å²) < 4.78 is 1.90. The minimum Gasteiger partial charge on any atom is -0.310 e. The summed E-state index contributed by atoms with van der Waals surface area (Å²) in [7, 11) is 4.21. The van der Waals surface area contributed by atoms with Gasteiger partial charge in [-0.2, -0.15) is 5.10 Å². The van der Waals surface area contributed by atoms with E-state index in [1.165, 1.54) is 37.9 Å². The number of hydrogen-bond donors (Lipinski definition) is 1. The van der Waals surface area contributed by atoms with Gasteiger partial charge in [0.2, 0.25) is 0 Å². The van der Waals surface area contributed by atoms with Crippen molar-refractivity contribution in [2.24, 2.45) is 13.0 Å². The van der Waals surface area contributed by atoms with Gasteiger partial charge in [0.15, 0.2) is 0 Å². The topological polar surface area (TPSA) is 33.1 Å². The molecule has 19 heavy (non-hydrogen) atoms. The zero-order chi connectivity index (χ0) is 13.8. The third-order valence-corrected chi connectivity index (χ3v) is 4.36. The van der Waals surface area contributed by atoms with E-state index in [1.807, 2.05) is 11.7 Å². The normalized spacial score (nSPS) is 19.8. The molecule has 0 radical (unpaired) electrons. The van der Waals surface area contributed by atoms with Crippen LogP contribution in [0.4, 0.5) is 0 Å². The minimum atomic E-state index is 0.403. The van der Waals surface area contributed by atoms with Gasteiger partial charge in [-0.25, -0.2) is 0 Å². The van der Waals surface area contributed by atoms with E-state index in [0.29, 0.717) is 6.04 Å². The van der Waals surface area contributed by atoms with E-state index in [2.05, 4.69) is 42.4 Å². The van der Waals surface area contributed by atoms with Crippen LogP contribution in [0.5, 0.6) is 0 Å². The van der Waals surface area contributed by atoms with E-state index in [0.717, 1.165) is 18.2 Å². The van der Waals surface area contributed by atoms with Crippen molar-refractivity contribution in [2.75, 3.05) is 26.7 Å². The molecule has 4 nitrogen and oxygen atoms in total. The Labute approximate surface area is 117 Å². The summed E-state index contributed by atoms with van der Waals surface area (Å²) in [5.41, 5.74) is 2.47. The standard InChI is InChI=1S/C15H28N4/c1-12(15-11-19(4)17-13(15)2)16-8-5-14-6-9-18(3)10-7-14/h11-12,14,16H,5-10H2,1-4H3. The summed E-state index contributed by atoms with van der Waals surface area (Å²) in [6.45, 7) is 7.97. The Bertz CT molecular complexity index is 391. The average Bonchev–Trinajstić information content (AvgIpc) is 2.71. The van der Waals surface area contributed by atoms with Gasteiger partial charge >= 0.3 is 0 Å². The number of rotatable bonds is 5. The van der Waals surface area contributed by atoms with Crippen molar-refractivity contribution in [2.45, 2.75) is 39.2 Å². The first-order valence-corrected chi connectivity index (χ1v) is 7.48. The molecule has 1 saturated heterocycles. The molecule has 0 saturated carbocycles. The Morgan fingerprint density at radius 2 is 2.05 bits per heavy atom. The summed E-state index contributed by atoms with van der Waals surface area (Å²) >= 11 is 0. The molecule has 0 amide bonds. The Morgan fingerprint density at radius 3 is 2.63 bits per heavy atom. The zero-order valence-corrected chi connectivity index (χ0v) is 12.8. The molecule has 0 aliphatic carbocycles. The van der Waals surface area contributed by atoms with Crippen LogP contribution in [-0.2, 0) is 7.05 Å². The molecule has 108 valence electrons. The van der Waals surface area contributed by atoms with Crippen LogP contribution in [0, 0.1) is 12.8 Å². The van der Waals surface area contributed by atoms with Crippen LogP contribution >= 0.6 is 0 Å². The van der Waals surface area contributed by atoms with Crippen LogP contribution in [0.3, 0.4) is 0 Å². The van der Waals surface area contributed by atoms with Gasteiger partial charge in [-0.1, -0.05) is 0 Å². The Balaban J connectivity index is 1.72. The fraction of sp³-hybridized carbons (Fsp3) is 0.800. The monoisotopic (exact) mass is 264 g/mol. The minimum absolute atomic E-state index is 0.403. The van der Waals surface area contributed by atoms with E-state index in [9.17, 15) is 0 Å². The molecule has 4 heteroatoms. The summed E-state index contributed by atoms with van der Waals surface area (Å²) in [5, 5.41) is 8.05. The Hall–Kier alpha value is -0.870. The molecule has 1 aromatic rings. The summed E-state index contributed by atoms with van der Waals surface area (Å²) in [5.74, 6) is 0.908. The lowest BCUT2D eigenvalue weighted by Gasteiger charge is -2.29. The molecule has 0 spiro atoms. The largest absolute Gasteiger partial charge is 0.310 e. The maximum Gasteiger partial charge on any atom is 0.0641 e. The first-order chi connectivity index (χ1) is 9.06. The molecule has 2 rings (SSSR count). The highest BCUT2D eigenvalue weighted by Crippen LogP contribution is 2.20. The van der Waals surface area contributed by atoms with Crippen LogP contribution in [0.2, 0.25) is 0 Å².